The van der Waals surface area contributed by atoms with E-state index in [0.717, 1.165) is 21.4 Å². The summed E-state index contributed by atoms with van der Waals surface area (Å²) in [5.74, 6) is 0.543. The van der Waals surface area contributed by atoms with E-state index in [1.165, 1.54) is 0 Å². The molecule has 2 aromatic carbocycles. The van der Waals surface area contributed by atoms with Crippen molar-refractivity contribution in [1.29, 1.82) is 0 Å². The number of ether oxygens (including phenoxy) is 2. The van der Waals surface area contributed by atoms with Gasteiger partial charge in [-0.05, 0) is 42.0 Å². The summed E-state index contributed by atoms with van der Waals surface area (Å²) in [6.45, 7) is 0. The third kappa shape index (κ3) is 3.81. The summed E-state index contributed by atoms with van der Waals surface area (Å²) >= 11 is 3.44. The number of esters is 1. The maximum Gasteiger partial charge on any atom is 0.363 e. The van der Waals surface area contributed by atoms with Crippen LogP contribution in [0, 0.1) is 0 Å². The number of carbonyl (C=O) groups is 1. The molecule has 0 atom stereocenters. The van der Waals surface area contributed by atoms with Crippen LogP contribution in [0.2, 0.25) is 0 Å². The molecule has 0 saturated carbocycles. The second-order valence-corrected chi connectivity index (χ2v) is 5.92. The summed E-state index contributed by atoms with van der Waals surface area (Å²) in [4.78, 5) is 16.3. The maximum absolute atomic E-state index is 12.0. The largest absolute Gasteiger partial charge is 0.497 e. The molecule has 0 saturated heterocycles. The fourth-order valence-electron chi connectivity index (χ4n) is 2.15. The minimum atomic E-state index is -0.473. The van der Waals surface area contributed by atoms with E-state index in [4.69, 9.17) is 9.47 Å². The molecule has 1 heterocycles. The number of methoxy groups -OCH3 is 1. The Bertz CT molecular complexity index is 837. The first-order chi connectivity index (χ1) is 11.7. The molecule has 1 aliphatic heterocycles. The molecule has 0 amide bonds. The van der Waals surface area contributed by atoms with Crippen LogP contribution in [0.5, 0.6) is 5.75 Å². The summed E-state index contributed by atoms with van der Waals surface area (Å²) in [5, 5.41) is 0. The summed E-state index contributed by atoms with van der Waals surface area (Å²) in [7, 11) is 1.60. The Morgan fingerprint density at radius 3 is 2.50 bits per heavy atom. The molecule has 0 aliphatic carbocycles. The Hall–Kier alpha value is -2.66. The SMILES string of the molecule is COc1ccc(C2=N/C(=C\C(Br)=C\c3ccccc3)C(=O)O2)cc1. The number of hydrogen-bond donors (Lipinski definition) is 0. The molecule has 3 rings (SSSR count). The molecule has 5 heteroatoms. The van der Waals surface area contributed by atoms with E-state index in [1.807, 2.05) is 36.4 Å². The van der Waals surface area contributed by atoms with Crippen molar-refractivity contribution in [3.8, 4) is 5.75 Å². The number of nitrogens with zero attached hydrogens (tertiary/aromatic N) is 1. The van der Waals surface area contributed by atoms with Crippen molar-refractivity contribution in [3.05, 3.63) is 82.0 Å². The Kier molecular flexibility index (Phi) is 4.91. The summed E-state index contributed by atoms with van der Waals surface area (Å²) in [6.07, 6.45) is 3.55. The van der Waals surface area contributed by atoms with Crippen molar-refractivity contribution >= 4 is 33.9 Å². The van der Waals surface area contributed by atoms with Crippen LogP contribution in [0.3, 0.4) is 0 Å². The van der Waals surface area contributed by atoms with Crippen molar-refractivity contribution in [2.45, 2.75) is 0 Å². The number of aliphatic imine (C=N–C) groups is 1. The van der Waals surface area contributed by atoms with Gasteiger partial charge < -0.3 is 9.47 Å². The first kappa shape index (κ1) is 16.2. The van der Waals surface area contributed by atoms with Gasteiger partial charge in [-0.15, -0.1) is 0 Å². The highest BCUT2D eigenvalue weighted by molar-refractivity contribution is 9.12. The van der Waals surface area contributed by atoms with E-state index in [0.29, 0.717) is 0 Å². The van der Waals surface area contributed by atoms with Crippen molar-refractivity contribution in [1.82, 2.24) is 0 Å². The fourth-order valence-corrected chi connectivity index (χ4v) is 2.63. The van der Waals surface area contributed by atoms with Crippen molar-refractivity contribution < 1.29 is 14.3 Å². The van der Waals surface area contributed by atoms with Gasteiger partial charge in [0.15, 0.2) is 5.70 Å². The molecular formula is C19H14BrNO3. The van der Waals surface area contributed by atoms with Crippen molar-refractivity contribution in [2.75, 3.05) is 7.11 Å². The monoisotopic (exact) mass is 383 g/mol. The number of rotatable bonds is 4. The summed E-state index contributed by atoms with van der Waals surface area (Å²) in [5.41, 5.74) is 1.99. The third-order valence-electron chi connectivity index (χ3n) is 3.34. The van der Waals surface area contributed by atoms with Crippen LogP contribution in [0.1, 0.15) is 11.1 Å². The number of benzene rings is 2. The van der Waals surface area contributed by atoms with Crippen LogP contribution in [-0.4, -0.2) is 19.0 Å². The number of hydrogen-bond acceptors (Lipinski definition) is 4. The molecule has 4 nitrogen and oxygen atoms in total. The minimum absolute atomic E-state index is 0.250. The van der Waals surface area contributed by atoms with Crippen LogP contribution in [0.15, 0.2) is 75.8 Å². The van der Waals surface area contributed by atoms with Gasteiger partial charge in [-0.3, -0.25) is 0 Å². The molecule has 0 bridgehead atoms. The second-order valence-electron chi connectivity index (χ2n) is 5.00. The first-order valence-electron chi connectivity index (χ1n) is 7.25. The lowest BCUT2D eigenvalue weighted by molar-refractivity contribution is -0.130. The summed E-state index contributed by atoms with van der Waals surface area (Å²) in [6, 6.07) is 17.0. The zero-order chi connectivity index (χ0) is 16.9. The van der Waals surface area contributed by atoms with Gasteiger partial charge in [0, 0.05) is 10.0 Å². The van der Waals surface area contributed by atoms with Crippen molar-refractivity contribution in [2.24, 2.45) is 4.99 Å². The number of allylic oxidation sites excluding steroid dienone is 2. The standard InChI is InChI=1S/C19H14BrNO3/c1-23-16-9-7-14(8-10-16)18-21-17(19(22)24-18)12-15(20)11-13-5-3-2-4-6-13/h2-12H,1H3/b15-11-,17-12-. The normalized spacial score (nSPS) is 16.1. The van der Waals surface area contributed by atoms with E-state index < -0.39 is 5.97 Å². The predicted octanol–water partition coefficient (Wildman–Crippen LogP) is 4.32. The Balaban J connectivity index is 1.84. The van der Waals surface area contributed by atoms with Crippen LogP contribution in [0.25, 0.3) is 6.08 Å². The molecule has 1 aliphatic rings. The lowest BCUT2D eigenvalue weighted by Gasteiger charge is -2.01. The van der Waals surface area contributed by atoms with Gasteiger partial charge in [0.1, 0.15) is 5.75 Å². The van der Waals surface area contributed by atoms with Gasteiger partial charge in [-0.1, -0.05) is 46.3 Å². The van der Waals surface area contributed by atoms with Gasteiger partial charge in [-0.2, -0.15) is 0 Å². The molecule has 0 spiro atoms. The highest BCUT2D eigenvalue weighted by Gasteiger charge is 2.24. The maximum atomic E-state index is 12.0. The molecule has 0 unspecified atom stereocenters. The minimum Gasteiger partial charge on any atom is -0.497 e. The topological polar surface area (TPSA) is 47.9 Å². The Morgan fingerprint density at radius 1 is 1.12 bits per heavy atom. The molecule has 120 valence electrons. The van der Waals surface area contributed by atoms with E-state index in [9.17, 15) is 4.79 Å². The molecule has 0 radical (unpaired) electrons. The number of halogens is 1. The first-order valence-corrected chi connectivity index (χ1v) is 8.04. The second kappa shape index (κ2) is 7.27. The third-order valence-corrected chi connectivity index (χ3v) is 3.79. The van der Waals surface area contributed by atoms with Crippen LogP contribution < -0.4 is 4.74 Å². The highest BCUT2D eigenvalue weighted by Crippen LogP contribution is 2.22. The van der Waals surface area contributed by atoms with Gasteiger partial charge in [0.25, 0.3) is 0 Å². The lowest BCUT2D eigenvalue weighted by Crippen LogP contribution is -2.05. The van der Waals surface area contributed by atoms with E-state index in [-0.39, 0.29) is 11.6 Å². The van der Waals surface area contributed by atoms with Crippen LogP contribution in [-0.2, 0) is 9.53 Å². The van der Waals surface area contributed by atoms with Crippen LogP contribution >= 0.6 is 15.9 Å². The molecule has 24 heavy (non-hydrogen) atoms. The Labute approximate surface area is 148 Å². The van der Waals surface area contributed by atoms with Crippen LogP contribution in [0.4, 0.5) is 0 Å². The van der Waals surface area contributed by atoms with E-state index in [1.54, 1.807) is 37.5 Å². The number of carbonyl (C=O) groups excluding carboxylic acids is 1. The molecule has 0 fully saturated rings. The zero-order valence-corrected chi connectivity index (χ0v) is 14.5. The predicted molar refractivity (Wildman–Crippen MR) is 97.1 cm³/mol. The molecular weight excluding hydrogens is 370 g/mol. The number of cyclic esters (lactones) is 1. The van der Waals surface area contributed by atoms with E-state index >= 15 is 0 Å². The van der Waals surface area contributed by atoms with Gasteiger partial charge in [0.2, 0.25) is 5.90 Å². The highest BCUT2D eigenvalue weighted by atomic mass is 79.9. The Morgan fingerprint density at radius 2 is 1.83 bits per heavy atom. The van der Waals surface area contributed by atoms with Gasteiger partial charge in [0.05, 0.1) is 7.11 Å². The molecule has 0 aromatic heterocycles. The average Bonchev–Trinajstić information content (AvgIpc) is 2.96. The van der Waals surface area contributed by atoms with Crippen molar-refractivity contribution in [3.63, 3.8) is 0 Å². The fraction of sp³-hybridized carbons (Fsp3) is 0.0526. The molecule has 2 aromatic rings. The molecule has 0 N–H and O–H groups in total. The summed E-state index contributed by atoms with van der Waals surface area (Å²) < 4.78 is 11.1. The van der Waals surface area contributed by atoms with E-state index in [2.05, 4.69) is 20.9 Å². The zero-order valence-electron chi connectivity index (χ0n) is 12.9. The van der Waals surface area contributed by atoms with Gasteiger partial charge in [-0.25, -0.2) is 9.79 Å². The average molecular weight is 384 g/mol. The lowest BCUT2D eigenvalue weighted by atomic mass is 10.2. The smallest absolute Gasteiger partial charge is 0.363 e. The quantitative estimate of drug-likeness (QED) is 0.583. The van der Waals surface area contributed by atoms with Gasteiger partial charge >= 0.3 is 5.97 Å².